The molecule has 0 aromatic carbocycles. The number of aromatic nitrogens is 4. The van der Waals surface area contributed by atoms with Gasteiger partial charge in [0.2, 0.25) is 0 Å². The molecule has 1 saturated carbocycles. The van der Waals surface area contributed by atoms with Crippen molar-refractivity contribution in [3.8, 4) is 0 Å². The fourth-order valence-electron chi connectivity index (χ4n) is 2.43. The molecule has 0 atom stereocenters. The maximum absolute atomic E-state index is 12.3. The minimum Gasteiger partial charge on any atom is -0.367 e. The molecule has 3 heterocycles. The summed E-state index contributed by atoms with van der Waals surface area (Å²) in [6, 6.07) is 9.76. The summed E-state index contributed by atoms with van der Waals surface area (Å²) in [7, 11) is 0. The van der Waals surface area contributed by atoms with Crippen LogP contribution in [0, 0.1) is 0 Å². The van der Waals surface area contributed by atoms with Crippen molar-refractivity contribution in [3.05, 3.63) is 66.2 Å². The summed E-state index contributed by atoms with van der Waals surface area (Å²) in [5, 5.41) is 10.4. The molecule has 0 spiro atoms. The van der Waals surface area contributed by atoms with E-state index in [0.29, 0.717) is 24.0 Å². The van der Waals surface area contributed by atoms with Gasteiger partial charge in [0.1, 0.15) is 5.82 Å². The number of nitrogens with one attached hydrogen (secondary N) is 2. The molecule has 2 N–H and O–H groups in total. The second kappa shape index (κ2) is 6.72. The number of anilines is 2. The number of pyridine rings is 2. The Bertz CT molecular complexity index is 855. The van der Waals surface area contributed by atoms with Gasteiger partial charge in [-0.15, -0.1) is 0 Å². The van der Waals surface area contributed by atoms with Crippen LogP contribution in [0.25, 0.3) is 0 Å². The third-order valence-electron chi connectivity index (χ3n) is 3.90. The van der Waals surface area contributed by atoms with Crippen LogP contribution in [0.1, 0.15) is 28.8 Å². The first-order valence-corrected chi connectivity index (χ1v) is 8.22. The highest BCUT2D eigenvalue weighted by molar-refractivity contribution is 6.03. The van der Waals surface area contributed by atoms with Gasteiger partial charge < -0.3 is 10.6 Å². The zero-order chi connectivity index (χ0) is 17.1. The molecule has 4 rings (SSSR count). The normalized spacial score (nSPS) is 13.4. The minimum atomic E-state index is -0.225. The van der Waals surface area contributed by atoms with E-state index in [4.69, 9.17) is 0 Å². The zero-order valence-corrected chi connectivity index (χ0v) is 13.6. The summed E-state index contributed by atoms with van der Waals surface area (Å²) in [4.78, 5) is 20.7. The van der Waals surface area contributed by atoms with Crippen molar-refractivity contribution < 1.29 is 4.79 Å². The highest BCUT2D eigenvalue weighted by atomic mass is 16.1. The lowest BCUT2D eigenvalue weighted by molar-refractivity contribution is 0.102. The molecular formula is C18H18N6O. The van der Waals surface area contributed by atoms with Crippen LogP contribution in [0.3, 0.4) is 0 Å². The van der Waals surface area contributed by atoms with Gasteiger partial charge in [-0.25, -0.2) is 4.98 Å². The Hall–Kier alpha value is -3.22. The maximum atomic E-state index is 12.3. The number of hydrogen-bond acceptors (Lipinski definition) is 5. The van der Waals surface area contributed by atoms with Crippen LogP contribution in [0.2, 0.25) is 0 Å². The standard InChI is InChI=1S/C18H18N6O/c25-18(14-3-6-16(20-11-14)21-15-4-5-15)22-17-7-9-24(23-17)12-13-2-1-8-19-10-13/h1-3,6-11,15H,4-5,12H2,(H,20,21)(H,22,23,25). The van der Waals surface area contributed by atoms with Crippen LogP contribution in [0.4, 0.5) is 11.6 Å². The number of rotatable bonds is 6. The monoisotopic (exact) mass is 334 g/mol. The Balaban J connectivity index is 1.37. The third kappa shape index (κ3) is 4.00. The minimum absolute atomic E-state index is 0.225. The molecular weight excluding hydrogens is 316 g/mol. The first-order valence-electron chi connectivity index (χ1n) is 8.22. The second-order valence-corrected chi connectivity index (χ2v) is 6.06. The van der Waals surface area contributed by atoms with Crippen LogP contribution in [-0.2, 0) is 6.54 Å². The molecule has 1 fully saturated rings. The van der Waals surface area contributed by atoms with Crippen molar-refractivity contribution >= 4 is 17.5 Å². The molecule has 1 aliphatic carbocycles. The predicted molar refractivity (Wildman–Crippen MR) is 94.4 cm³/mol. The van der Waals surface area contributed by atoms with Crippen molar-refractivity contribution in [1.29, 1.82) is 0 Å². The Kier molecular flexibility index (Phi) is 4.12. The first-order chi connectivity index (χ1) is 12.3. The highest BCUT2D eigenvalue weighted by Gasteiger charge is 2.21. The van der Waals surface area contributed by atoms with E-state index in [2.05, 4.69) is 25.7 Å². The summed E-state index contributed by atoms with van der Waals surface area (Å²) in [6.45, 7) is 0.604. The van der Waals surface area contributed by atoms with Gasteiger partial charge in [0.05, 0.1) is 12.1 Å². The van der Waals surface area contributed by atoms with Crippen LogP contribution in [-0.4, -0.2) is 31.7 Å². The molecule has 1 aliphatic rings. The van der Waals surface area contributed by atoms with E-state index in [1.54, 1.807) is 35.4 Å². The van der Waals surface area contributed by atoms with E-state index < -0.39 is 0 Å². The van der Waals surface area contributed by atoms with Crippen LogP contribution in [0.5, 0.6) is 0 Å². The average molecular weight is 334 g/mol. The molecule has 25 heavy (non-hydrogen) atoms. The summed E-state index contributed by atoms with van der Waals surface area (Å²) in [5.41, 5.74) is 1.55. The Morgan fingerprint density at radius 3 is 2.80 bits per heavy atom. The SMILES string of the molecule is O=C(Nc1ccn(Cc2cccnc2)n1)c1ccc(NC2CC2)nc1. The Labute approximate surface area is 145 Å². The van der Waals surface area contributed by atoms with Gasteiger partial charge in [-0.2, -0.15) is 5.10 Å². The zero-order valence-electron chi connectivity index (χ0n) is 13.6. The lowest BCUT2D eigenvalue weighted by Gasteiger charge is -2.05. The van der Waals surface area contributed by atoms with E-state index in [1.807, 2.05) is 24.4 Å². The smallest absolute Gasteiger partial charge is 0.258 e. The molecule has 0 bridgehead atoms. The number of amides is 1. The van der Waals surface area contributed by atoms with E-state index >= 15 is 0 Å². The van der Waals surface area contributed by atoms with Gasteiger partial charge in [-0.05, 0) is 36.6 Å². The largest absolute Gasteiger partial charge is 0.367 e. The van der Waals surface area contributed by atoms with Gasteiger partial charge >= 0.3 is 0 Å². The van der Waals surface area contributed by atoms with Gasteiger partial charge in [-0.1, -0.05) is 6.07 Å². The van der Waals surface area contributed by atoms with Crippen molar-refractivity contribution in [3.63, 3.8) is 0 Å². The van der Waals surface area contributed by atoms with E-state index in [-0.39, 0.29) is 5.91 Å². The molecule has 7 heteroatoms. The fraction of sp³-hybridized carbons (Fsp3) is 0.222. The number of carbonyl (C=O) groups excluding carboxylic acids is 1. The van der Waals surface area contributed by atoms with Crippen molar-refractivity contribution in [2.45, 2.75) is 25.4 Å². The second-order valence-electron chi connectivity index (χ2n) is 6.06. The average Bonchev–Trinajstić information content (AvgIpc) is 3.35. The molecule has 126 valence electrons. The lowest BCUT2D eigenvalue weighted by Crippen LogP contribution is -2.13. The summed E-state index contributed by atoms with van der Waals surface area (Å²) in [5.74, 6) is 1.09. The van der Waals surface area contributed by atoms with E-state index in [1.165, 1.54) is 12.8 Å². The quantitative estimate of drug-likeness (QED) is 0.724. The topological polar surface area (TPSA) is 84.7 Å². The molecule has 7 nitrogen and oxygen atoms in total. The van der Waals surface area contributed by atoms with Crippen LogP contribution in [0.15, 0.2) is 55.1 Å². The lowest BCUT2D eigenvalue weighted by atomic mass is 10.2. The van der Waals surface area contributed by atoms with Crippen molar-refractivity contribution in [1.82, 2.24) is 19.7 Å². The molecule has 0 radical (unpaired) electrons. The first kappa shape index (κ1) is 15.3. The number of carbonyl (C=O) groups is 1. The van der Waals surface area contributed by atoms with Gasteiger partial charge in [0, 0.05) is 36.9 Å². The van der Waals surface area contributed by atoms with Crippen molar-refractivity contribution in [2.75, 3.05) is 10.6 Å². The number of nitrogens with zero attached hydrogens (tertiary/aromatic N) is 4. The molecule has 0 saturated heterocycles. The maximum Gasteiger partial charge on any atom is 0.258 e. The van der Waals surface area contributed by atoms with Crippen LogP contribution >= 0.6 is 0 Å². The Morgan fingerprint density at radius 2 is 2.08 bits per heavy atom. The van der Waals surface area contributed by atoms with Crippen LogP contribution < -0.4 is 10.6 Å². The van der Waals surface area contributed by atoms with Gasteiger partial charge in [-0.3, -0.25) is 14.5 Å². The van der Waals surface area contributed by atoms with Gasteiger partial charge in [0.25, 0.3) is 5.91 Å². The summed E-state index contributed by atoms with van der Waals surface area (Å²) >= 11 is 0. The van der Waals surface area contributed by atoms with E-state index in [9.17, 15) is 4.79 Å². The van der Waals surface area contributed by atoms with Gasteiger partial charge in [0.15, 0.2) is 5.82 Å². The molecule has 3 aromatic heterocycles. The molecule has 0 aliphatic heterocycles. The highest BCUT2D eigenvalue weighted by Crippen LogP contribution is 2.23. The van der Waals surface area contributed by atoms with E-state index in [0.717, 1.165) is 11.4 Å². The third-order valence-corrected chi connectivity index (χ3v) is 3.90. The van der Waals surface area contributed by atoms with Crippen molar-refractivity contribution in [2.24, 2.45) is 0 Å². The molecule has 3 aromatic rings. The fourth-order valence-corrected chi connectivity index (χ4v) is 2.43. The predicted octanol–water partition coefficient (Wildman–Crippen LogP) is 2.55. The Morgan fingerprint density at radius 1 is 1.16 bits per heavy atom. The molecule has 0 unspecified atom stereocenters. The summed E-state index contributed by atoms with van der Waals surface area (Å²) < 4.78 is 1.76. The molecule has 1 amide bonds. The number of hydrogen-bond donors (Lipinski definition) is 2. The summed E-state index contributed by atoms with van der Waals surface area (Å²) in [6.07, 6.45) is 9.30.